The summed E-state index contributed by atoms with van der Waals surface area (Å²) < 4.78 is 5.46. The summed E-state index contributed by atoms with van der Waals surface area (Å²) in [6.07, 6.45) is 9.72. The number of nitrogens with one attached hydrogen (secondary N) is 1. The zero-order valence-corrected chi connectivity index (χ0v) is 11.6. The molecule has 1 spiro atoms. The fourth-order valence-electron chi connectivity index (χ4n) is 4.25. The predicted octanol–water partition coefficient (Wildman–Crippen LogP) is 1.65. The van der Waals surface area contributed by atoms with Gasteiger partial charge in [-0.15, -0.1) is 0 Å². The van der Waals surface area contributed by atoms with Crippen LogP contribution in [0.1, 0.15) is 51.4 Å². The average Bonchev–Trinajstić information content (AvgIpc) is 2.92. The second kappa shape index (κ2) is 4.45. The molecule has 2 saturated carbocycles. The maximum atomic E-state index is 12.8. The molecule has 2 aliphatic carbocycles. The molecule has 0 radical (unpaired) electrons. The Balaban J connectivity index is 1.58. The fourth-order valence-corrected chi connectivity index (χ4v) is 4.25. The molecule has 1 N–H and O–H groups in total. The van der Waals surface area contributed by atoms with Crippen molar-refractivity contribution >= 4 is 5.91 Å². The second-order valence-corrected chi connectivity index (χ2v) is 6.77. The molecule has 106 valence electrons. The smallest absolute Gasteiger partial charge is 0.244 e. The first-order valence-electron chi connectivity index (χ1n) is 7.98. The van der Waals surface area contributed by atoms with E-state index in [0.29, 0.717) is 24.0 Å². The van der Waals surface area contributed by atoms with Gasteiger partial charge in [-0.05, 0) is 44.4 Å². The maximum absolute atomic E-state index is 12.8. The number of amides is 1. The van der Waals surface area contributed by atoms with Gasteiger partial charge in [-0.3, -0.25) is 10.1 Å². The molecule has 1 amide bonds. The molecule has 0 aromatic heterocycles. The van der Waals surface area contributed by atoms with Gasteiger partial charge in [0.2, 0.25) is 5.91 Å². The van der Waals surface area contributed by atoms with Crippen LogP contribution >= 0.6 is 0 Å². The molecule has 4 nitrogen and oxygen atoms in total. The number of rotatable bonds is 2. The minimum absolute atomic E-state index is 0.147. The number of ether oxygens (including phenoxy) is 1. The summed E-state index contributed by atoms with van der Waals surface area (Å²) in [6, 6.07) is 0.416. The van der Waals surface area contributed by atoms with Crippen LogP contribution in [0.15, 0.2) is 0 Å². The third-order valence-corrected chi connectivity index (χ3v) is 5.55. The summed E-state index contributed by atoms with van der Waals surface area (Å²) in [6.45, 7) is 1.64. The molecule has 2 aliphatic heterocycles. The molecular formula is C15H24N2O2. The van der Waals surface area contributed by atoms with Gasteiger partial charge in [0.15, 0.2) is 0 Å². The van der Waals surface area contributed by atoms with Crippen LogP contribution in [-0.2, 0) is 9.53 Å². The average molecular weight is 264 g/mol. The van der Waals surface area contributed by atoms with Crippen molar-refractivity contribution in [1.82, 2.24) is 10.2 Å². The van der Waals surface area contributed by atoms with Crippen molar-refractivity contribution in [2.24, 2.45) is 5.92 Å². The first-order chi connectivity index (χ1) is 9.30. The van der Waals surface area contributed by atoms with Gasteiger partial charge in [-0.1, -0.05) is 12.8 Å². The first kappa shape index (κ1) is 12.2. The quantitative estimate of drug-likeness (QED) is 0.824. The molecule has 1 atom stereocenters. The highest BCUT2D eigenvalue weighted by Gasteiger charge is 2.61. The van der Waals surface area contributed by atoms with Crippen molar-refractivity contribution in [3.63, 3.8) is 0 Å². The van der Waals surface area contributed by atoms with Crippen molar-refractivity contribution in [3.05, 3.63) is 0 Å². The van der Waals surface area contributed by atoms with Crippen molar-refractivity contribution < 1.29 is 9.53 Å². The minimum Gasteiger partial charge on any atom is -0.381 e. The molecule has 2 saturated heterocycles. The van der Waals surface area contributed by atoms with Gasteiger partial charge in [0.25, 0.3) is 0 Å². The lowest BCUT2D eigenvalue weighted by molar-refractivity contribution is -0.135. The lowest BCUT2D eigenvalue weighted by Crippen LogP contribution is -2.49. The standard InChI is InChI=1S/C15H24N2O2/c18-14-15(7-8-15)16-13(11-3-1-2-4-11)17(14)12-5-9-19-10-6-12/h11-13,16H,1-10H2. The topological polar surface area (TPSA) is 41.6 Å². The van der Waals surface area contributed by atoms with E-state index in [1.54, 1.807) is 0 Å². The Morgan fingerprint density at radius 1 is 1.11 bits per heavy atom. The summed E-state index contributed by atoms with van der Waals surface area (Å²) >= 11 is 0. The number of hydrogen-bond donors (Lipinski definition) is 1. The number of carbonyl (C=O) groups excluding carboxylic acids is 1. The van der Waals surface area contributed by atoms with Crippen molar-refractivity contribution in [2.75, 3.05) is 13.2 Å². The highest BCUT2D eigenvalue weighted by atomic mass is 16.5. The maximum Gasteiger partial charge on any atom is 0.244 e. The first-order valence-corrected chi connectivity index (χ1v) is 7.98. The molecule has 0 aromatic rings. The zero-order valence-electron chi connectivity index (χ0n) is 11.6. The van der Waals surface area contributed by atoms with Gasteiger partial charge in [-0.25, -0.2) is 0 Å². The third-order valence-electron chi connectivity index (χ3n) is 5.55. The summed E-state index contributed by atoms with van der Waals surface area (Å²) in [4.78, 5) is 15.0. The van der Waals surface area contributed by atoms with E-state index >= 15 is 0 Å². The molecule has 0 aromatic carbocycles. The Labute approximate surface area is 114 Å². The summed E-state index contributed by atoms with van der Waals surface area (Å²) in [5.74, 6) is 1.09. The third kappa shape index (κ3) is 1.91. The Hall–Kier alpha value is -0.610. The van der Waals surface area contributed by atoms with E-state index in [-0.39, 0.29) is 5.54 Å². The normalized spacial score (nSPS) is 35.5. The molecule has 4 heteroatoms. The van der Waals surface area contributed by atoms with E-state index < -0.39 is 0 Å². The van der Waals surface area contributed by atoms with Gasteiger partial charge in [0, 0.05) is 19.3 Å². The molecule has 19 heavy (non-hydrogen) atoms. The molecule has 4 fully saturated rings. The Bertz CT molecular complexity index is 368. The molecule has 2 heterocycles. The Kier molecular flexibility index (Phi) is 2.85. The largest absolute Gasteiger partial charge is 0.381 e. The number of nitrogens with zero attached hydrogens (tertiary/aromatic N) is 1. The SMILES string of the molecule is O=C1N(C2CCOCC2)C(C2CCCC2)NC12CC2. The van der Waals surface area contributed by atoms with Crippen LogP contribution < -0.4 is 5.32 Å². The minimum atomic E-state index is -0.147. The summed E-state index contributed by atoms with van der Waals surface area (Å²) in [7, 11) is 0. The van der Waals surface area contributed by atoms with Crippen LogP contribution in [0.4, 0.5) is 0 Å². The van der Waals surface area contributed by atoms with Gasteiger partial charge in [-0.2, -0.15) is 0 Å². The molecular weight excluding hydrogens is 240 g/mol. The fraction of sp³-hybridized carbons (Fsp3) is 0.933. The van der Waals surface area contributed by atoms with Crippen LogP contribution in [0.2, 0.25) is 0 Å². The van der Waals surface area contributed by atoms with Gasteiger partial charge in [0.1, 0.15) is 0 Å². The van der Waals surface area contributed by atoms with Crippen molar-refractivity contribution in [3.8, 4) is 0 Å². The molecule has 0 bridgehead atoms. The monoisotopic (exact) mass is 264 g/mol. The van der Waals surface area contributed by atoms with Crippen LogP contribution in [0.5, 0.6) is 0 Å². The van der Waals surface area contributed by atoms with Gasteiger partial charge >= 0.3 is 0 Å². The Morgan fingerprint density at radius 3 is 2.42 bits per heavy atom. The van der Waals surface area contributed by atoms with E-state index in [0.717, 1.165) is 38.9 Å². The number of hydrogen-bond acceptors (Lipinski definition) is 3. The zero-order chi connectivity index (χ0) is 12.9. The van der Waals surface area contributed by atoms with E-state index in [9.17, 15) is 4.79 Å². The van der Waals surface area contributed by atoms with Crippen LogP contribution in [0.3, 0.4) is 0 Å². The summed E-state index contributed by atoms with van der Waals surface area (Å²) in [5.41, 5.74) is -0.147. The lowest BCUT2D eigenvalue weighted by Gasteiger charge is -2.37. The lowest BCUT2D eigenvalue weighted by atomic mass is 10.00. The highest BCUT2D eigenvalue weighted by molar-refractivity contribution is 5.92. The van der Waals surface area contributed by atoms with Gasteiger partial charge < -0.3 is 9.64 Å². The van der Waals surface area contributed by atoms with Gasteiger partial charge in [0.05, 0.1) is 11.7 Å². The van der Waals surface area contributed by atoms with E-state index in [1.165, 1.54) is 25.7 Å². The number of carbonyl (C=O) groups is 1. The highest BCUT2D eigenvalue weighted by Crippen LogP contribution is 2.46. The predicted molar refractivity (Wildman–Crippen MR) is 71.5 cm³/mol. The molecule has 4 aliphatic rings. The van der Waals surface area contributed by atoms with Crippen LogP contribution in [-0.4, -0.2) is 41.8 Å². The van der Waals surface area contributed by atoms with E-state index in [2.05, 4.69) is 10.2 Å². The van der Waals surface area contributed by atoms with E-state index in [4.69, 9.17) is 4.74 Å². The van der Waals surface area contributed by atoms with E-state index in [1.807, 2.05) is 0 Å². The van der Waals surface area contributed by atoms with Crippen molar-refractivity contribution in [2.45, 2.75) is 69.1 Å². The van der Waals surface area contributed by atoms with Crippen LogP contribution in [0, 0.1) is 5.92 Å². The van der Waals surface area contributed by atoms with Crippen molar-refractivity contribution in [1.29, 1.82) is 0 Å². The summed E-state index contributed by atoms with van der Waals surface area (Å²) in [5, 5.41) is 3.72. The van der Waals surface area contributed by atoms with Crippen LogP contribution in [0.25, 0.3) is 0 Å². The second-order valence-electron chi connectivity index (χ2n) is 6.77. The molecule has 1 unspecified atom stereocenters. The molecule has 4 rings (SSSR count). The Morgan fingerprint density at radius 2 is 1.79 bits per heavy atom.